The Morgan fingerprint density at radius 2 is 2.11 bits per heavy atom. The van der Waals surface area contributed by atoms with Gasteiger partial charge in [-0.2, -0.15) is 4.98 Å². The summed E-state index contributed by atoms with van der Waals surface area (Å²) in [5.74, 6) is -0.0556. The molecule has 2 rings (SSSR count). The fourth-order valence-electron chi connectivity index (χ4n) is 2.69. The third kappa shape index (κ3) is 5.99. The highest BCUT2D eigenvalue weighted by atomic mass is 35.5. The first kappa shape index (κ1) is 20.8. The Kier molecular flexibility index (Phi) is 7.67. The molecule has 1 aromatic carbocycles. The van der Waals surface area contributed by atoms with Crippen molar-refractivity contribution in [3.8, 4) is 0 Å². The summed E-state index contributed by atoms with van der Waals surface area (Å²) in [7, 11) is 0. The van der Waals surface area contributed by atoms with E-state index in [1.54, 1.807) is 0 Å². The highest BCUT2D eigenvalue weighted by Crippen LogP contribution is 2.19. The zero-order valence-corrected chi connectivity index (χ0v) is 16.4. The molecule has 7 nitrogen and oxygen atoms in total. The second kappa shape index (κ2) is 9.97. The maximum absolute atomic E-state index is 12.3. The number of halogens is 1. The lowest BCUT2D eigenvalue weighted by Crippen LogP contribution is -2.24. The van der Waals surface area contributed by atoms with Crippen LogP contribution in [-0.4, -0.2) is 28.0 Å². The van der Waals surface area contributed by atoms with E-state index in [1.807, 2.05) is 18.2 Å². The van der Waals surface area contributed by atoms with Gasteiger partial charge in [-0.15, -0.1) is 11.6 Å². The molecule has 27 heavy (non-hydrogen) atoms. The molecule has 0 saturated heterocycles. The molecule has 0 aliphatic carbocycles. The minimum absolute atomic E-state index is 0.144. The van der Waals surface area contributed by atoms with Gasteiger partial charge in [0.25, 0.3) is 5.56 Å². The molecule has 3 N–H and O–H groups in total. The largest absolute Gasteiger partial charge is 0.465 e. The molecule has 0 spiro atoms. The first-order valence-electron chi connectivity index (χ1n) is 8.90. The van der Waals surface area contributed by atoms with E-state index in [-0.39, 0.29) is 24.0 Å². The second-order valence-electron chi connectivity index (χ2n) is 6.17. The van der Waals surface area contributed by atoms with E-state index in [2.05, 4.69) is 24.1 Å². The molecule has 0 bridgehead atoms. The third-order valence-electron chi connectivity index (χ3n) is 4.19. The van der Waals surface area contributed by atoms with Gasteiger partial charge in [-0.3, -0.25) is 14.2 Å². The third-order valence-corrected chi connectivity index (χ3v) is 4.41. The number of aryl methyl sites for hydroxylation is 2. The van der Waals surface area contributed by atoms with Gasteiger partial charge in [0.1, 0.15) is 11.7 Å². The van der Waals surface area contributed by atoms with Gasteiger partial charge in [0.05, 0.1) is 6.61 Å². The number of esters is 1. The Hall–Kier alpha value is -2.54. The molecule has 0 radical (unpaired) electrons. The van der Waals surface area contributed by atoms with Gasteiger partial charge in [-0.1, -0.05) is 13.0 Å². The van der Waals surface area contributed by atoms with Crippen molar-refractivity contribution < 1.29 is 9.53 Å². The topological polar surface area (TPSA) is 99.2 Å². The number of unbranched alkanes of at least 4 members (excludes halogenated alkanes) is 1. The van der Waals surface area contributed by atoms with Crippen molar-refractivity contribution in [1.29, 1.82) is 0 Å². The zero-order chi connectivity index (χ0) is 19.8. The van der Waals surface area contributed by atoms with E-state index < -0.39 is 5.97 Å². The fraction of sp³-hybridized carbons (Fsp3) is 0.421. The Morgan fingerprint density at radius 1 is 1.33 bits per heavy atom. The van der Waals surface area contributed by atoms with Gasteiger partial charge >= 0.3 is 5.97 Å². The van der Waals surface area contributed by atoms with Gasteiger partial charge in [0, 0.05) is 18.3 Å². The van der Waals surface area contributed by atoms with Gasteiger partial charge in [0.2, 0.25) is 5.95 Å². The van der Waals surface area contributed by atoms with Crippen LogP contribution in [0.2, 0.25) is 0 Å². The van der Waals surface area contributed by atoms with E-state index >= 15 is 0 Å². The number of nitrogens with one attached hydrogen (secondary N) is 1. The molecule has 146 valence electrons. The van der Waals surface area contributed by atoms with Crippen LogP contribution >= 0.6 is 11.6 Å². The smallest absolute Gasteiger partial charge is 0.320 e. The van der Waals surface area contributed by atoms with E-state index in [4.69, 9.17) is 22.1 Å². The fourth-order valence-corrected chi connectivity index (χ4v) is 2.76. The molecule has 1 heterocycles. The van der Waals surface area contributed by atoms with Crippen LogP contribution in [0.15, 0.2) is 29.1 Å². The summed E-state index contributed by atoms with van der Waals surface area (Å²) < 4.78 is 6.29. The van der Waals surface area contributed by atoms with Crippen molar-refractivity contribution in [2.24, 2.45) is 0 Å². The van der Waals surface area contributed by atoms with Crippen molar-refractivity contribution in [2.75, 3.05) is 23.5 Å². The molecular formula is C19H25ClN4O3. The lowest BCUT2D eigenvalue weighted by molar-refractivity contribution is -0.140. The summed E-state index contributed by atoms with van der Waals surface area (Å²) in [5.41, 5.74) is 9.04. The van der Waals surface area contributed by atoms with Gasteiger partial charge in [-0.05, 0) is 49.4 Å². The van der Waals surface area contributed by atoms with E-state index in [9.17, 15) is 9.59 Å². The molecule has 0 unspecified atom stereocenters. The lowest BCUT2D eigenvalue weighted by Gasteiger charge is -2.12. The summed E-state index contributed by atoms with van der Waals surface area (Å²) in [5, 5.41) is 3.14. The monoisotopic (exact) mass is 392 g/mol. The van der Waals surface area contributed by atoms with Crippen LogP contribution in [0.3, 0.4) is 0 Å². The number of anilines is 3. The number of aromatic nitrogens is 2. The number of hydrogen-bond donors (Lipinski definition) is 2. The number of rotatable bonds is 9. The SMILES string of the molecule is CCc1cc(Nc2cc(=O)n(CCCCOC(=O)CCl)c(N)n2)ccc1C. The first-order chi connectivity index (χ1) is 12.9. The van der Waals surface area contributed by atoms with Crippen LogP contribution in [0.1, 0.15) is 30.9 Å². The number of alkyl halides is 1. The second-order valence-corrected chi connectivity index (χ2v) is 6.44. The number of ether oxygens (including phenoxy) is 1. The maximum atomic E-state index is 12.3. The van der Waals surface area contributed by atoms with Crippen molar-refractivity contribution >= 4 is 35.0 Å². The molecule has 2 aromatic rings. The highest BCUT2D eigenvalue weighted by molar-refractivity contribution is 6.26. The molecule has 0 fully saturated rings. The zero-order valence-electron chi connectivity index (χ0n) is 15.6. The first-order valence-corrected chi connectivity index (χ1v) is 9.43. The minimum atomic E-state index is -0.451. The Labute approximate surface area is 163 Å². The number of carbonyl (C=O) groups excluding carboxylic acids is 1. The highest BCUT2D eigenvalue weighted by Gasteiger charge is 2.07. The van der Waals surface area contributed by atoms with Crippen LogP contribution in [0.4, 0.5) is 17.5 Å². The quantitative estimate of drug-likeness (QED) is 0.386. The molecule has 1 aromatic heterocycles. The van der Waals surface area contributed by atoms with E-state index in [1.165, 1.54) is 21.8 Å². The predicted octanol–water partition coefficient (Wildman–Crippen LogP) is 3.00. The number of hydrogen-bond acceptors (Lipinski definition) is 6. The Balaban J connectivity index is 2.00. The van der Waals surface area contributed by atoms with Crippen molar-refractivity contribution in [3.05, 3.63) is 45.7 Å². The minimum Gasteiger partial charge on any atom is -0.465 e. The van der Waals surface area contributed by atoms with Crippen LogP contribution in [0.5, 0.6) is 0 Å². The number of nitrogens with zero attached hydrogens (tertiary/aromatic N) is 2. The van der Waals surface area contributed by atoms with Crippen molar-refractivity contribution in [2.45, 2.75) is 39.7 Å². The Morgan fingerprint density at radius 3 is 2.78 bits per heavy atom. The molecular weight excluding hydrogens is 368 g/mol. The number of carbonyl (C=O) groups is 1. The molecule has 8 heteroatoms. The Bertz CT molecular complexity index is 851. The summed E-state index contributed by atoms with van der Waals surface area (Å²) in [6.07, 6.45) is 2.17. The summed E-state index contributed by atoms with van der Waals surface area (Å²) in [6.45, 7) is 4.83. The lowest BCUT2D eigenvalue weighted by atomic mass is 10.1. The normalized spacial score (nSPS) is 10.6. The predicted molar refractivity (Wildman–Crippen MR) is 108 cm³/mol. The molecule has 0 atom stereocenters. The standard InChI is InChI=1S/C19H25ClN4O3/c1-3-14-10-15(7-6-13(14)2)22-16-11-17(25)24(19(21)23-16)8-4-5-9-27-18(26)12-20/h6-7,10-11,22H,3-5,8-9,12H2,1-2H3,(H2,21,23). The summed E-state index contributed by atoms with van der Waals surface area (Å²) >= 11 is 5.35. The van der Waals surface area contributed by atoms with Crippen LogP contribution < -0.4 is 16.6 Å². The number of nitrogen functional groups attached to an aromatic ring is 1. The van der Waals surface area contributed by atoms with Crippen molar-refractivity contribution in [3.63, 3.8) is 0 Å². The van der Waals surface area contributed by atoms with Crippen molar-refractivity contribution in [1.82, 2.24) is 9.55 Å². The van der Waals surface area contributed by atoms with Gasteiger partial charge in [0.15, 0.2) is 0 Å². The van der Waals surface area contributed by atoms with Gasteiger partial charge < -0.3 is 15.8 Å². The summed E-state index contributed by atoms with van der Waals surface area (Å²) in [6, 6.07) is 7.44. The average molecular weight is 393 g/mol. The van der Waals surface area contributed by atoms with E-state index in [0.29, 0.717) is 25.2 Å². The molecule has 0 saturated carbocycles. The molecule has 0 amide bonds. The summed E-state index contributed by atoms with van der Waals surface area (Å²) in [4.78, 5) is 27.6. The van der Waals surface area contributed by atoms with Crippen LogP contribution in [0, 0.1) is 6.92 Å². The maximum Gasteiger partial charge on any atom is 0.320 e. The molecule has 0 aliphatic rings. The molecule has 0 aliphatic heterocycles. The number of nitrogens with two attached hydrogens (primary N) is 1. The average Bonchev–Trinajstić information content (AvgIpc) is 2.64. The number of benzene rings is 1. The van der Waals surface area contributed by atoms with Gasteiger partial charge in [-0.25, -0.2) is 0 Å². The van der Waals surface area contributed by atoms with Crippen LogP contribution in [-0.2, 0) is 22.5 Å². The van der Waals surface area contributed by atoms with Crippen LogP contribution in [0.25, 0.3) is 0 Å². The van der Waals surface area contributed by atoms with E-state index in [0.717, 1.165) is 12.1 Å².